The average molecular weight is 317 g/mol. The number of hydrogen-bond acceptors (Lipinski definition) is 4. The van der Waals surface area contributed by atoms with E-state index >= 15 is 0 Å². The highest BCUT2D eigenvalue weighted by Crippen LogP contribution is 2.16. The molecule has 1 saturated heterocycles. The standard InChI is InChI=1S/C17H27N5O/c1-14(2)12-17(23)21-10-8-20(9-11-21)13-16-19-18-15-6-4-3-5-7-22(15)16/h12H,3-11,13H2,1-2H3. The predicted octanol–water partition coefficient (Wildman–Crippen LogP) is 1.61. The molecule has 0 atom stereocenters. The van der Waals surface area contributed by atoms with Gasteiger partial charge >= 0.3 is 0 Å². The van der Waals surface area contributed by atoms with Crippen LogP contribution in [0.5, 0.6) is 0 Å². The van der Waals surface area contributed by atoms with Crippen LogP contribution in [0.2, 0.25) is 0 Å². The van der Waals surface area contributed by atoms with E-state index in [1.165, 1.54) is 19.3 Å². The number of amides is 1. The Morgan fingerprint density at radius 1 is 1.04 bits per heavy atom. The monoisotopic (exact) mass is 317 g/mol. The molecule has 0 N–H and O–H groups in total. The zero-order valence-electron chi connectivity index (χ0n) is 14.3. The number of rotatable bonds is 3. The number of carbonyl (C=O) groups is 1. The fourth-order valence-electron chi connectivity index (χ4n) is 3.33. The van der Waals surface area contributed by atoms with Gasteiger partial charge in [0.25, 0.3) is 0 Å². The summed E-state index contributed by atoms with van der Waals surface area (Å²) in [5, 5.41) is 8.78. The van der Waals surface area contributed by atoms with Crippen molar-refractivity contribution in [3.05, 3.63) is 23.3 Å². The Bertz CT molecular complexity index is 580. The summed E-state index contributed by atoms with van der Waals surface area (Å²) in [4.78, 5) is 16.4. The van der Waals surface area contributed by atoms with Crippen molar-refractivity contribution in [2.24, 2.45) is 0 Å². The first kappa shape index (κ1) is 16.2. The molecule has 1 fully saturated rings. The van der Waals surface area contributed by atoms with E-state index in [1.54, 1.807) is 6.08 Å². The fraction of sp³-hybridized carbons (Fsp3) is 0.706. The molecular formula is C17H27N5O. The quantitative estimate of drug-likeness (QED) is 0.795. The third kappa shape index (κ3) is 3.99. The molecule has 1 amide bonds. The second kappa shape index (κ2) is 7.25. The van der Waals surface area contributed by atoms with Crippen molar-refractivity contribution < 1.29 is 4.79 Å². The number of allylic oxidation sites excluding steroid dienone is 1. The summed E-state index contributed by atoms with van der Waals surface area (Å²) in [7, 11) is 0. The van der Waals surface area contributed by atoms with Crippen molar-refractivity contribution in [1.82, 2.24) is 24.6 Å². The lowest BCUT2D eigenvalue weighted by molar-refractivity contribution is -0.127. The lowest BCUT2D eigenvalue weighted by atomic mass is 10.2. The first-order chi connectivity index (χ1) is 11.1. The molecule has 3 rings (SSSR count). The number of carbonyl (C=O) groups excluding carboxylic acids is 1. The van der Waals surface area contributed by atoms with E-state index in [1.807, 2.05) is 18.7 Å². The van der Waals surface area contributed by atoms with Gasteiger partial charge in [-0.05, 0) is 26.7 Å². The highest BCUT2D eigenvalue weighted by molar-refractivity contribution is 5.88. The molecule has 0 spiro atoms. The molecule has 2 aliphatic heterocycles. The molecule has 126 valence electrons. The number of nitrogens with zero attached hydrogens (tertiary/aromatic N) is 5. The molecule has 23 heavy (non-hydrogen) atoms. The maximum absolute atomic E-state index is 12.1. The second-order valence-corrected chi connectivity index (χ2v) is 6.82. The van der Waals surface area contributed by atoms with Crippen LogP contribution in [0.3, 0.4) is 0 Å². The first-order valence-electron chi connectivity index (χ1n) is 8.70. The third-order valence-corrected chi connectivity index (χ3v) is 4.65. The lowest BCUT2D eigenvalue weighted by Gasteiger charge is -2.34. The van der Waals surface area contributed by atoms with E-state index in [9.17, 15) is 4.79 Å². The molecule has 0 bridgehead atoms. The minimum absolute atomic E-state index is 0.140. The van der Waals surface area contributed by atoms with Gasteiger partial charge in [-0.25, -0.2) is 0 Å². The Morgan fingerprint density at radius 2 is 1.83 bits per heavy atom. The Kier molecular flexibility index (Phi) is 5.10. The van der Waals surface area contributed by atoms with Crippen molar-refractivity contribution in [3.63, 3.8) is 0 Å². The minimum atomic E-state index is 0.140. The third-order valence-electron chi connectivity index (χ3n) is 4.65. The van der Waals surface area contributed by atoms with Gasteiger partial charge in [0.15, 0.2) is 0 Å². The predicted molar refractivity (Wildman–Crippen MR) is 88.9 cm³/mol. The summed E-state index contributed by atoms with van der Waals surface area (Å²) in [5.74, 6) is 2.38. The van der Waals surface area contributed by atoms with Gasteiger partial charge in [-0.15, -0.1) is 10.2 Å². The SMILES string of the molecule is CC(C)=CC(=O)N1CCN(Cc2nnc3n2CCCCC3)CC1. The van der Waals surface area contributed by atoms with Gasteiger partial charge in [0.2, 0.25) is 5.91 Å². The molecule has 6 nitrogen and oxygen atoms in total. The van der Waals surface area contributed by atoms with Crippen LogP contribution >= 0.6 is 0 Å². The summed E-state index contributed by atoms with van der Waals surface area (Å²) in [6, 6.07) is 0. The Balaban J connectivity index is 1.56. The van der Waals surface area contributed by atoms with Crippen LogP contribution < -0.4 is 0 Å². The molecule has 1 aromatic rings. The van der Waals surface area contributed by atoms with Crippen molar-refractivity contribution in [1.29, 1.82) is 0 Å². The zero-order valence-corrected chi connectivity index (χ0v) is 14.3. The first-order valence-corrected chi connectivity index (χ1v) is 8.70. The summed E-state index contributed by atoms with van der Waals surface area (Å²) in [5.41, 5.74) is 1.06. The minimum Gasteiger partial charge on any atom is -0.337 e. The molecule has 2 aliphatic rings. The normalized spacial score (nSPS) is 19.1. The molecule has 3 heterocycles. The number of aryl methyl sites for hydroxylation is 1. The maximum atomic E-state index is 12.1. The summed E-state index contributed by atoms with van der Waals surface area (Å²) < 4.78 is 2.31. The second-order valence-electron chi connectivity index (χ2n) is 6.82. The van der Waals surface area contributed by atoms with Gasteiger partial charge in [0.05, 0.1) is 6.54 Å². The van der Waals surface area contributed by atoms with Gasteiger partial charge in [-0.2, -0.15) is 0 Å². The fourth-order valence-corrected chi connectivity index (χ4v) is 3.33. The number of hydrogen-bond donors (Lipinski definition) is 0. The lowest BCUT2D eigenvalue weighted by Crippen LogP contribution is -2.48. The molecule has 0 aliphatic carbocycles. The van der Waals surface area contributed by atoms with Crippen LogP contribution in [0.15, 0.2) is 11.6 Å². The van der Waals surface area contributed by atoms with Crippen LogP contribution in [0.4, 0.5) is 0 Å². The number of fused-ring (bicyclic) bond motifs is 1. The number of piperazine rings is 1. The van der Waals surface area contributed by atoms with Crippen molar-refractivity contribution in [2.45, 2.75) is 52.6 Å². The van der Waals surface area contributed by atoms with Crippen LogP contribution in [0.25, 0.3) is 0 Å². The summed E-state index contributed by atoms with van der Waals surface area (Å²) in [6.07, 6.45) is 6.52. The molecule has 1 aromatic heterocycles. The van der Waals surface area contributed by atoms with Crippen LogP contribution in [0, 0.1) is 0 Å². The van der Waals surface area contributed by atoms with E-state index in [2.05, 4.69) is 19.7 Å². The van der Waals surface area contributed by atoms with Gasteiger partial charge < -0.3 is 9.47 Å². The Morgan fingerprint density at radius 3 is 2.57 bits per heavy atom. The van der Waals surface area contributed by atoms with Gasteiger partial charge in [-0.3, -0.25) is 9.69 Å². The van der Waals surface area contributed by atoms with Crippen LogP contribution in [-0.2, 0) is 24.3 Å². The highest BCUT2D eigenvalue weighted by Gasteiger charge is 2.22. The molecule has 0 aromatic carbocycles. The van der Waals surface area contributed by atoms with Crippen molar-refractivity contribution in [3.8, 4) is 0 Å². The largest absolute Gasteiger partial charge is 0.337 e. The topological polar surface area (TPSA) is 54.3 Å². The van der Waals surface area contributed by atoms with Gasteiger partial charge in [0.1, 0.15) is 11.6 Å². The van der Waals surface area contributed by atoms with E-state index in [0.717, 1.165) is 62.9 Å². The van der Waals surface area contributed by atoms with Crippen molar-refractivity contribution >= 4 is 5.91 Å². The van der Waals surface area contributed by atoms with Crippen LogP contribution in [-0.4, -0.2) is 56.7 Å². The Hall–Kier alpha value is -1.69. The average Bonchev–Trinajstić information content (AvgIpc) is 2.75. The molecular weight excluding hydrogens is 290 g/mol. The number of aromatic nitrogens is 3. The van der Waals surface area contributed by atoms with E-state index in [4.69, 9.17) is 0 Å². The van der Waals surface area contributed by atoms with Crippen molar-refractivity contribution in [2.75, 3.05) is 26.2 Å². The zero-order chi connectivity index (χ0) is 16.2. The van der Waals surface area contributed by atoms with E-state index in [0.29, 0.717) is 0 Å². The summed E-state index contributed by atoms with van der Waals surface area (Å²) in [6.45, 7) is 9.23. The maximum Gasteiger partial charge on any atom is 0.246 e. The smallest absolute Gasteiger partial charge is 0.246 e. The molecule has 0 unspecified atom stereocenters. The van der Waals surface area contributed by atoms with E-state index in [-0.39, 0.29) is 5.91 Å². The highest BCUT2D eigenvalue weighted by atomic mass is 16.2. The van der Waals surface area contributed by atoms with Crippen LogP contribution in [0.1, 0.15) is 44.8 Å². The van der Waals surface area contributed by atoms with E-state index < -0.39 is 0 Å². The summed E-state index contributed by atoms with van der Waals surface area (Å²) >= 11 is 0. The molecule has 0 saturated carbocycles. The Labute approximate surface area is 138 Å². The van der Waals surface area contributed by atoms with Gasteiger partial charge in [0, 0.05) is 45.2 Å². The molecule has 6 heteroatoms. The molecule has 0 radical (unpaired) electrons. The van der Waals surface area contributed by atoms with Gasteiger partial charge in [-0.1, -0.05) is 12.0 Å².